The number of hydrogen-bond acceptors (Lipinski definition) is 2. The van der Waals surface area contributed by atoms with E-state index in [-0.39, 0.29) is 18.0 Å². The van der Waals surface area contributed by atoms with Gasteiger partial charge in [0, 0.05) is 15.7 Å². The van der Waals surface area contributed by atoms with Gasteiger partial charge in [-0.05, 0) is 68.5 Å². The van der Waals surface area contributed by atoms with Crippen LogP contribution in [0.1, 0.15) is 38.1 Å². The van der Waals surface area contributed by atoms with Gasteiger partial charge in [0.05, 0.1) is 12.7 Å². The molecule has 1 aromatic rings. The minimum absolute atomic E-state index is 0.0760. The van der Waals surface area contributed by atoms with Crippen molar-refractivity contribution in [3.8, 4) is 5.75 Å². The normalized spacial score (nSPS) is 10.9. The van der Waals surface area contributed by atoms with Crippen molar-refractivity contribution in [1.29, 1.82) is 0 Å². The average Bonchev–Trinajstić information content (AvgIpc) is 2.27. The maximum Gasteiger partial charge on any atom is 0.255 e. The van der Waals surface area contributed by atoms with Gasteiger partial charge in [-0.15, -0.1) is 0 Å². The Kier molecular flexibility index (Phi) is 5.44. The van der Waals surface area contributed by atoms with E-state index in [1.165, 1.54) is 0 Å². The van der Waals surface area contributed by atoms with Crippen LogP contribution in [-0.4, -0.2) is 30.0 Å². The monoisotopic (exact) mass is 361 g/mol. The fourth-order valence-electron chi connectivity index (χ4n) is 2.00. The third kappa shape index (κ3) is 3.37. The summed E-state index contributed by atoms with van der Waals surface area (Å²) in [5, 5.41) is 0. The molecule has 3 nitrogen and oxygen atoms in total. The minimum Gasteiger partial charge on any atom is -0.497 e. The van der Waals surface area contributed by atoms with Crippen molar-refractivity contribution < 1.29 is 9.53 Å². The summed E-state index contributed by atoms with van der Waals surface area (Å²) in [6.45, 7) is 8.14. The summed E-state index contributed by atoms with van der Waals surface area (Å²) in [5.74, 6) is 0.851. The quantitative estimate of drug-likeness (QED) is 0.768. The predicted octanol–water partition coefficient (Wildman–Crippen LogP) is 3.56. The molecule has 0 saturated heterocycles. The van der Waals surface area contributed by atoms with Crippen LogP contribution in [0.25, 0.3) is 0 Å². The molecule has 0 heterocycles. The third-order valence-corrected chi connectivity index (χ3v) is 3.65. The molecule has 0 unspecified atom stereocenters. The summed E-state index contributed by atoms with van der Waals surface area (Å²) in [6.07, 6.45) is 0. The number of carbonyl (C=O) groups excluding carboxylic acids is 1. The van der Waals surface area contributed by atoms with Crippen LogP contribution in [0, 0.1) is 3.57 Å². The van der Waals surface area contributed by atoms with E-state index < -0.39 is 0 Å². The first-order valence-corrected chi connectivity index (χ1v) is 7.12. The van der Waals surface area contributed by atoms with Crippen LogP contribution in [0.5, 0.6) is 5.75 Å². The van der Waals surface area contributed by atoms with E-state index in [0.29, 0.717) is 0 Å². The molecular formula is C14H20INO2. The largest absolute Gasteiger partial charge is 0.497 e. The topological polar surface area (TPSA) is 29.5 Å². The summed E-state index contributed by atoms with van der Waals surface area (Å²) in [6, 6.07) is 5.92. The molecule has 0 atom stereocenters. The van der Waals surface area contributed by atoms with Crippen LogP contribution >= 0.6 is 22.6 Å². The van der Waals surface area contributed by atoms with Crippen LogP contribution < -0.4 is 4.74 Å². The number of methoxy groups -OCH3 is 1. The molecule has 0 bridgehead atoms. The van der Waals surface area contributed by atoms with Crippen molar-refractivity contribution in [3.63, 3.8) is 0 Å². The second-order valence-electron chi connectivity index (χ2n) is 4.75. The average molecular weight is 361 g/mol. The Morgan fingerprint density at radius 1 is 1.22 bits per heavy atom. The Morgan fingerprint density at radius 2 is 1.78 bits per heavy atom. The predicted molar refractivity (Wildman–Crippen MR) is 82.2 cm³/mol. The van der Waals surface area contributed by atoms with Gasteiger partial charge in [-0.3, -0.25) is 4.79 Å². The molecule has 0 aliphatic rings. The van der Waals surface area contributed by atoms with Crippen molar-refractivity contribution in [1.82, 2.24) is 4.90 Å². The molecule has 0 N–H and O–H groups in total. The first kappa shape index (κ1) is 15.3. The van der Waals surface area contributed by atoms with Crippen molar-refractivity contribution in [2.24, 2.45) is 0 Å². The van der Waals surface area contributed by atoms with Gasteiger partial charge in [-0.25, -0.2) is 0 Å². The highest BCUT2D eigenvalue weighted by molar-refractivity contribution is 14.1. The van der Waals surface area contributed by atoms with Crippen molar-refractivity contribution in [3.05, 3.63) is 27.3 Å². The lowest BCUT2D eigenvalue weighted by molar-refractivity contribution is 0.0642. The van der Waals surface area contributed by atoms with Crippen molar-refractivity contribution in [2.75, 3.05) is 7.11 Å². The van der Waals surface area contributed by atoms with E-state index in [1.807, 2.05) is 50.8 Å². The standard InChI is InChI=1S/C14H20INO2/c1-9(2)16(10(3)4)14(17)12-7-6-11(18-5)8-13(12)15/h6-10H,1-5H3. The summed E-state index contributed by atoms with van der Waals surface area (Å²) in [7, 11) is 1.63. The number of rotatable bonds is 4. The van der Waals surface area contributed by atoms with Crippen molar-refractivity contribution >= 4 is 28.5 Å². The summed E-state index contributed by atoms with van der Waals surface area (Å²) in [4.78, 5) is 14.4. The van der Waals surface area contributed by atoms with Gasteiger partial charge in [0.25, 0.3) is 5.91 Å². The van der Waals surface area contributed by atoms with Crippen molar-refractivity contribution in [2.45, 2.75) is 39.8 Å². The lowest BCUT2D eigenvalue weighted by Gasteiger charge is -2.31. The number of nitrogens with zero attached hydrogens (tertiary/aromatic N) is 1. The van der Waals surface area contributed by atoms with E-state index in [0.717, 1.165) is 14.9 Å². The number of ether oxygens (including phenoxy) is 1. The van der Waals surface area contributed by atoms with E-state index in [9.17, 15) is 4.79 Å². The molecular weight excluding hydrogens is 341 g/mol. The molecule has 4 heteroatoms. The molecule has 0 aromatic heterocycles. The van der Waals surface area contributed by atoms with Crippen LogP contribution in [0.2, 0.25) is 0 Å². The molecule has 0 radical (unpaired) electrons. The minimum atomic E-state index is 0.0760. The van der Waals surface area contributed by atoms with Gasteiger partial charge < -0.3 is 9.64 Å². The highest BCUT2D eigenvalue weighted by Crippen LogP contribution is 2.22. The Hall–Kier alpha value is -0.780. The molecule has 18 heavy (non-hydrogen) atoms. The molecule has 100 valence electrons. The smallest absolute Gasteiger partial charge is 0.255 e. The number of halogens is 1. The van der Waals surface area contributed by atoms with Gasteiger partial charge in [-0.2, -0.15) is 0 Å². The molecule has 0 saturated carbocycles. The molecule has 1 amide bonds. The van der Waals surface area contributed by atoms with Crippen LogP contribution in [0.4, 0.5) is 0 Å². The van der Waals surface area contributed by atoms with E-state index in [4.69, 9.17) is 4.74 Å². The SMILES string of the molecule is COc1ccc(C(=O)N(C(C)C)C(C)C)c(I)c1. The van der Waals surface area contributed by atoms with E-state index >= 15 is 0 Å². The molecule has 1 aromatic carbocycles. The molecule has 0 spiro atoms. The van der Waals surface area contributed by atoms with Crippen LogP contribution in [0.15, 0.2) is 18.2 Å². The zero-order chi connectivity index (χ0) is 13.9. The Bertz CT molecular complexity index is 422. The number of benzene rings is 1. The fourth-order valence-corrected chi connectivity index (χ4v) is 2.72. The highest BCUT2D eigenvalue weighted by atomic mass is 127. The molecule has 1 rings (SSSR count). The fraction of sp³-hybridized carbons (Fsp3) is 0.500. The van der Waals surface area contributed by atoms with Gasteiger partial charge >= 0.3 is 0 Å². The van der Waals surface area contributed by atoms with Crippen LogP contribution in [-0.2, 0) is 0 Å². The lowest BCUT2D eigenvalue weighted by Crippen LogP contribution is -2.42. The maximum absolute atomic E-state index is 12.5. The van der Waals surface area contributed by atoms with E-state index in [2.05, 4.69) is 22.6 Å². The number of carbonyl (C=O) groups is 1. The van der Waals surface area contributed by atoms with Gasteiger partial charge in [-0.1, -0.05) is 0 Å². The maximum atomic E-state index is 12.5. The first-order valence-electron chi connectivity index (χ1n) is 6.04. The molecule has 0 aliphatic carbocycles. The Labute approximate surface area is 123 Å². The molecule has 0 aliphatic heterocycles. The number of amides is 1. The summed E-state index contributed by atoms with van der Waals surface area (Å²) in [5.41, 5.74) is 0.735. The van der Waals surface area contributed by atoms with Gasteiger partial charge in [0.2, 0.25) is 0 Å². The zero-order valence-electron chi connectivity index (χ0n) is 11.5. The second-order valence-corrected chi connectivity index (χ2v) is 5.91. The van der Waals surface area contributed by atoms with Crippen LogP contribution in [0.3, 0.4) is 0 Å². The van der Waals surface area contributed by atoms with E-state index in [1.54, 1.807) is 7.11 Å². The van der Waals surface area contributed by atoms with Gasteiger partial charge in [0.1, 0.15) is 5.75 Å². The Balaban J connectivity index is 3.09. The van der Waals surface area contributed by atoms with Gasteiger partial charge in [0.15, 0.2) is 0 Å². The molecule has 0 fully saturated rings. The highest BCUT2D eigenvalue weighted by Gasteiger charge is 2.23. The zero-order valence-corrected chi connectivity index (χ0v) is 13.7. The lowest BCUT2D eigenvalue weighted by atomic mass is 10.1. The third-order valence-electron chi connectivity index (χ3n) is 2.75. The number of hydrogen-bond donors (Lipinski definition) is 0. The Morgan fingerprint density at radius 3 is 2.17 bits per heavy atom. The second kappa shape index (κ2) is 6.41. The summed E-state index contributed by atoms with van der Waals surface area (Å²) < 4.78 is 6.08. The summed E-state index contributed by atoms with van der Waals surface area (Å²) >= 11 is 2.18. The first-order chi connectivity index (χ1) is 8.38.